The van der Waals surface area contributed by atoms with E-state index in [0.717, 1.165) is 18.5 Å². The molecule has 0 radical (unpaired) electrons. The number of rotatable bonds is 3. The molecule has 0 bridgehead atoms. The zero-order valence-corrected chi connectivity index (χ0v) is 12.3. The van der Waals surface area contributed by atoms with Gasteiger partial charge in [-0.05, 0) is 45.2 Å². The van der Waals surface area contributed by atoms with Gasteiger partial charge in [-0.1, -0.05) is 0 Å². The molecule has 1 N–H and O–H groups in total. The molecule has 2 heterocycles. The van der Waals surface area contributed by atoms with Gasteiger partial charge in [0.1, 0.15) is 11.6 Å². The molecule has 114 valence electrons. The maximum Gasteiger partial charge on any atom is 0.326 e. The lowest BCUT2D eigenvalue weighted by atomic mass is 10.0. The maximum atomic E-state index is 12.6. The topological polar surface area (TPSA) is 79.6 Å². The largest absolute Gasteiger partial charge is 0.480 e. The molecule has 1 fully saturated rings. The van der Waals surface area contributed by atoms with Crippen molar-refractivity contribution in [1.82, 2.24) is 9.47 Å². The van der Waals surface area contributed by atoms with Crippen LogP contribution in [0.3, 0.4) is 0 Å². The summed E-state index contributed by atoms with van der Waals surface area (Å²) < 4.78 is 1.52. The molecule has 0 aliphatic carbocycles. The highest BCUT2D eigenvalue weighted by Crippen LogP contribution is 2.19. The molecule has 21 heavy (non-hydrogen) atoms. The number of pyridine rings is 1. The number of hydrogen-bond acceptors (Lipinski definition) is 3. The predicted molar refractivity (Wildman–Crippen MR) is 77.4 cm³/mol. The second-order valence-electron chi connectivity index (χ2n) is 5.29. The van der Waals surface area contributed by atoms with E-state index in [9.17, 15) is 19.5 Å². The van der Waals surface area contributed by atoms with Gasteiger partial charge in [-0.3, -0.25) is 9.59 Å². The molecule has 1 aromatic heterocycles. The number of aryl methyl sites for hydroxylation is 1. The van der Waals surface area contributed by atoms with Crippen LogP contribution < -0.4 is 5.56 Å². The van der Waals surface area contributed by atoms with Gasteiger partial charge in [0.25, 0.3) is 11.5 Å². The SMILES string of the molecule is CCn1c(C)ccc(C(=O)N2CCCCC2C(=O)O)c1=O. The fourth-order valence-corrected chi connectivity index (χ4v) is 2.81. The molecule has 1 aliphatic heterocycles. The van der Waals surface area contributed by atoms with Gasteiger partial charge in [-0.2, -0.15) is 0 Å². The van der Waals surface area contributed by atoms with E-state index < -0.39 is 17.9 Å². The van der Waals surface area contributed by atoms with Crippen LogP contribution in [0.2, 0.25) is 0 Å². The van der Waals surface area contributed by atoms with Crippen LogP contribution >= 0.6 is 0 Å². The van der Waals surface area contributed by atoms with Gasteiger partial charge in [0.2, 0.25) is 0 Å². The van der Waals surface area contributed by atoms with E-state index in [0.29, 0.717) is 19.5 Å². The van der Waals surface area contributed by atoms with Crippen molar-refractivity contribution in [2.45, 2.75) is 45.7 Å². The Morgan fingerprint density at radius 1 is 1.33 bits per heavy atom. The molecule has 1 unspecified atom stereocenters. The number of aromatic nitrogens is 1. The Balaban J connectivity index is 2.39. The van der Waals surface area contributed by atoms with Crippen LogP contribution in [0.4, 0.5) is 0 Å². The number of piperidine rings is 1. The van der Waals surface area contributed by atoms with Crippen molar-refractivity contribution in [2.24, 2.45) is 0 Å². The molecule has 2 rings (SSSR count). The summed E-state index contributed by atoms with van der Waals surface area (Å²) in [5.74, 6) is -1.49. The highest BCUT2D eigenvalue weighted by Gasteiger charge is 2.33. The third kappa shape index (κ3) is 2.84. The molecule has 0 saturated carbocycles. The molecular weight excluding hydrogens is 272 g/mol. The Labute approximate surface area is 123 Å². The molecule has 1 atom stereocenters. The Hall–Kier alpha value is -2.11. The Kier molecular flexibility index (Phi) is 4.45. The number of hydrogen-bond donors (Lipinski definition) is 1. The first kappa shape index (κ1) is 15.3. The first-order valence-electron chi connectivity index (χ1n) is 7.21. The Bertz CT molecular complexity index is 621. The van der Waals surface area contributed by atoms with Crippen LogP contribution in [0.25, 0.3) is 0 Å². The molecular formula is C15H20N2O4. The summed E-state index contributed by atoms with van der Waals surface area (Å²) in [6.07, 6.45) is 1.99. The highest BCUT2D eigenvalue weighted by molar-refractivity contribution is 5.96. The first-order valence-corrected chi connectivity index (χ1v) is 7.21. The third-order valence-electron chi connectivity index (χ3n) is 3.99. The van der Waals surface area contributed by atoms with Gasteiger partial charge >= 0.3 is 5.97 Å². The van der Waals surface area contributed by atoms with Crippen molar-refractivity contribution in [3.8, 4) is 0 Å². The number of aliphatic carboxylic acids is 1. The van der Waals surface area contributed by atoms with E-state index in [4.69, 9.17) is 0 Å². The predicted octanol–water partition coefficient (Wildman–Crippen LogP) is 1.26. The lowest BCUT2D eigenvalue weighted by Crippen LogP contribution is -2.49. The molecule has 1 aliphatic rings. The van der Waals surface area contributed by atoms with Gasteiger partial charge < -0.3 is 14.6 Å². The van der Waals surface area contributed by atoms with Crippen molar-refractivity contribution < 1.29 is 14.7 Å². The first-order chi connectivity index (χ1) is 9.97. The number of carbonyl (C=O) groups is 2. The molecule has 6 heteroatoms. The van der Waals surface area contributed by atoms with Crippen molar-refractivity contribution in [3.05, 3.63) is 33.7 Å². The van der Waals surface area contributed by atoms with Crippen molar-refractivity contribution in [1.29, 1.82) is 0 Å². The summed E-state index contributed by atoms with van der Waals surface area (Å²) in [6.45, 7) is 4.51. The van der Waals surface area contributed by atoms with Gasteiger partial charge in [-0.15, -0.1) is 0 Å². The average Bonchev–Trinajstić information content (AvgIpc) is 2.47. The number of carboxylic acids is 1. The van der Waals surface area contributed by atoms with Crippen molar-refractivity contribution >= 4 is 11.9 Å². The normalized spacial score (nSPS) is 18.6. The zero-order chi connectivity index (χ0) is 15.6. The quantitative estimate of drug-likeness (QED) is 0.909. The van der Waals surface area contributed by atoms with Crippen LogP contribution in [0.15, 0.2) is 16.9 Å². The number of likely N-dealkylation sites (tertiary alicyclic amines) is 1. The van der Waals surface area contributed by atoms with E-state index in [1.165, 1.54) is 15.5 Å². The fraction of sp³-hybridized carbons (Fsp3) is 0.533. The Morgan fingerprint density at radius 2 is 2.05 bits per heavy atom. The minimum atomic E-state index is -1.01. The Morgan fingerprint density at radius 3 is 2.67 bits per heavy atom. The minimum absolute atomic E-state index is 0.0515. The second-order valence-corrected chi connectivity index (χ2v) is 5.29. The smallest absolute Gasteiger partial charge is 0.326 e. The van der Waals surface area contributed by atoms with Crippen LogP contribution in [0, 0.1) is 6.92 Å². The zero-order valence-electron chi connectivity index (χ0n) is 12.3. The summed E-state index contributed by atoms with van der Waals surface area (Å²) in [4.78, 5) is 37.5. The van der Waals surface area contributed by atoms with Crippen LogP contribution in [-0.2, 0) is 11.3 Å². The fourth-order valence-electron chi connectivity index (χ4n) is 2.81. The third-order valence-corrected chi connectivity index (χ3v) is 3.99. The summed E-state index contributed by atoms with van der Waals surface area (Å²) >= 11 is 0. The summed E-state index contributed by atoms with van der Waals surface area (Å²) in [5.41, 5.74) is 0.486. The standard InChI is InChI=1S/C15H20N2O4/c1-3-16-10(2)7-8-11(13(16)18)14(19)17-9-5-4-6-12(17)15(20)21/h7-8,12H,3-6,9H2,1-2H3,(H,20,21). The number of carboxylic acid groups (broad SMARTS) is 1. The van der Waals surface area contributed by atoms with Gasteiger partial charge in [-0.25, -0.2) is 4.79 Å². The van der Waals surface area contributed by atoms with Gasteiger partial charge in [0.15, 0.2) is 0 Å². The van der Waals surface area contributed by atoms with E-state index in [-0.39, 0.29) is 11.1 Å². The molecule has 1 aromatic rings. The molecule has 0 aromatic carbocycles. The van der Waals surface area contributed by atoms with E-state index in [1.54, 1.807) is 13.0 Å². The van der Waals surface area contributed by atoms with E-state index in [1.807, 2.05) is 6.92 Å². The van der Waals surface area contributed by atoms with E-state index in [2.05, 4.69) is 0 Å². The maximum absolute atomic E-state index is 12.6. The summed E-state index contributed by atoms with van der Waals surface area (Å²) in [5, 5.41) is 9.24. The monoisotopic (exact) mass is 292 g/mol. The molecule has 0 spiro atoms. The van der Waals surface area contributed by atoms with E-state index >= 15 is 0 Å². The lowest BCUT2D eigenvalue weighted by Gasteiger charge is -2.32. The number of amides is 1. The average molecular weight is 292 g/mol. The van der Waals surface area contributed by atoms with Crippen LogP contribution in [0.5, 0.6) is 0 Å². The minimum Gasteiger partial charge on any atom is -0.480 e. The second kappa shape index (κ2) is 6.11. The van der Waals surface area contributed by atoms with Gasteiger partial charge in [0, 0.05) is 18.8 Å². The highest BCUT2D eigenvalue weighted by atomic mass is 16.4. The lowest BCUT2D eigenvalue weighted by molar-refractivity contribution is -0.143. The van der Waals surface area contributed by atoms with Crippen molar-refractivity contribution in [3.63, 3.8) is 0 Å². The van der Waals surface area contributed by atoms with Crippen molar-refractivity contribution in [2.75, 3.05) is 6.54 Å². The summed E-state index contributed by atoms with van der Waals surface area (Å²) in [7, 11) is 0. The molecule has 6 nitrogen and oxygen atoms in total. The number of carbonyl (C=O) groups excluding carboxylic acids is 1. The van der Waals surface area contributed by atoms with Crippen LogP contribution in [0.1, 0.15) is 42.2 Å². The summed E-state index contributed by atoms with van der Waals surface area (Å²) in [6, 6.07) is 2.39. The van der Waals surface area contributed by atoms with Gasteiger partial charge in [0.05, 0.1) is 0 Å². The molecule has 1 saturated heterocycles. The number of nitrogens with zero attached hydrogens (tertiary/aromatic N) is 2. The molecule has 1 amide bonds. The van der Waals surface area contributed by atoms with Crippen LogP contribution in [-0.4, -0.2) is 39.0 Å².